The van der Waals surface area contributed by atoms with Crippen molar-refractivity contribution in [1.29, 1.82) is 0 Å². The van der Waals surface area contributed by atoms with Crippen LogP contribution in [0, 0.1) is 0 Å². The van der Waals surface area contributed by atoms with E-state index in [2.05, 4.69) is 0 Å². The van der Waals surface area contributed by atoms with Crippen LogP contribution in [0.3, 0.4) is 0 Å². The maximum Gasteiger partial charge on any atom is 0.341 e. The van der Waals surface area contributed by atoms with Gasteiger partial charge < -0.3 is 19.7 Å². The second-order valence-electron chi connectivity index (χ2n) is 5.17. The molecule has 0 bridgehead atoms. The summed E-state index contributed by atoms with van der Waals surface area (Å²) in [5.41, 5.74) is 1.18. The molecule has 26 heavy (non-hydrogen) atoms. The highest BCUT2D eigenvalue weighted by molar-refractivity contribution is 6.07. The molecule has 134 valence electrons. The lowest BCUT2D eigenvalue weighted by Gasteiger charge is -2.09. The van der Waals surface area contributed by atoms with Crippen molar-refractivity contribution in [3.63, 3.8) is 0 Å². The fraction of sp³-hybridized carbons (Fsp3) is 0.105. The Hall–Kier alpha value is -3.61. The number of hydrogen-bond donors (Lipinski definition) is 2. The number of ether oxygens (including phenoxy) is 2. The normalized spacial score (nSPS) is 10.5. The lowest BCUT2D eigenvalue weighted by Crippen LogP contribution is -2.10. The topological polar surface area (TPSA) is 110 Å². The number of carbonyl (C=O) groups excluding carboxylic acids is 1. The molecule has 0 radical (unpaired) electrons. The number of hydrogen-bond acceptors (Lipinski definition) is 5. The lowest BCUT2D eigenvalue weighted by atomic mass is 10.1. The highest BCUT2D eigenvalue weighted by Gasteiger charge is 2.11. The minimum absolute atomic E-state index is 0.162. The Morgan fingerprint density at radius 3 is 2.19 bits per heavy atom. The Morgan fingerprint density at radius 1 is 0.962 bits per heavy atom. The summed E-state index contributed by atoms with van der Waals surface area (Å²) in [6.45, 7) is -0.518. The van der Waals surface area contributed by atoms with E-state index in [1.807, 2.05) is 0 Å². The number of carboxylic acid groups (broad SMARTS) is 2. The van der Waals surface area contributed by atoms with E-state index >= 15 is 0 Å². The molecule has 0 fully saturated rings. The van der Waals surface area contributed by atoms with Crippen LogP contribution in [-0.2, 0) is 4.79 Å². The number of methoxy groups -OCH3 is 1. The third-order valence-corrected chi connectivity index (χ3v) is 3.38. The Balaban J connectivity index is 2.13. The summed E-state index contributed by atoms with van der Waals surface area (Å²) in [5.74, 6) is -1.97. The monoisotopic (exact) mass is 356 g/mol. The molecule has 0 atom stereocenters. The van der Waals surface area contributed by atoms with Crippen molar-refractivity contribution < 1.29 is 34.1 Å². The van der Waals surface area contributed by atoms with Crippen molar-refractivity contribution in [3.05, 3.63) is 65.2 Å². The fourth-order valence-electron chi connectivity index (χ4n) is 2.08. The Morgan fingerprint density at radius 2 is 1.62 bits per heavy atom. The molecule has 7 heteroatoms. The van der Waals surface area contributed by atoms with E-state index in [-0.39, 0.29) is 22.8 Å². The van der Waals surface area contributed by atoms with Gasteiger partial charge in [0.1, 0.15) is 0 Å². The third kappa shape index (κ3) is 4.94. The molecule has 0 heterocycles. The molecule has 0 unspecified atom stereocenters. The van der Waals surface area contributed by atoms with Gasteiger partial charge in [0, 0.05) is 5.56 Å². The van der Waals surface area contributed by atoms with Crippen molar-refractivity contribution in [3.8, 4) is 11.5 Å². The largest absolute Gasteiger partial charge is 0.493 e. The minimum Gasteiger partial charge on any atom is -0.493 e. The van der Waals surface area contributed by atoms with Gasteiger partial charge in [0.15, 0.2) is 23.9 Å². The van der Waals surface area contributed by atoms with Gasteiger partial charge in [0.25, 0.3) is 0 Å². The van der Waals surface area contributed by atoms with Crippen LogP contribution in [0.25, 0.3) is 6.08 Å². The van der Waals surface area contributed by atoms with Gasteiger partial charge in [-0.3, -0.25) is 4.79 Å². The minimum atomic E-state index is -1.12. The third-order valence-electron chi connectivity index (χ3n) is 3.38. The summed E-state index contributed by atoms with van der Waals surface area (Å²) in [6.07, 6.45) is 2.91. The highest BCUT2D eigenvalue weighted by atomic mass is 16.5. The molecule has 0 aliphatic rings. The van der Waals surface area contributed by atoms with Crippen LogP contribution < -0.4 is 9.47 Å². The zero-order chi connectivity index (χ0) is 19.1. The quantitative estimate of drug-likeness (QED) is 0.553. The van der Waals surface area contributed by atoms with Crippen LogP contribution in [0.15, 0.2) is 48.5 Å². The molecule has 2 aromatic carbocycles. The van der Waals surface area contributed by atoms with Gasteiger partial charge in [-0.2, -0.15) is 0 Å². The van der Waals surface area contributed by atoms with E-state index in [0.717, 1.165) is 0 Å². The molecule has 0 saturated heterocycles. The number of benzene rings is 2. The van der Waals surface area contributed by atoms with Crippen LogP contribution in [-0.4, -0.2) is 41.7 Å². The number of aliphatic carboxylic acids is 1. The fourth-order valence-corrected chi connectivity index (χ4v) is 2.08. The number of aromatic carboxylic acids is 1. The number of carboxylic acids is 2. The maximum atomic E-state index is 12.3. The zero-order valence-electron chi connectivity index (χ0n) is 13.8. The van der Waals surface area contributed by atoms with Crippen LogP contribution in [0.4, 0.5) is 0 Å². The molecule has 2 rings (SSSR count). The Bertz CT molecular complexity index is 851. The average Bonchev–Trinajstić information content (AvgIpc) is 2.64. The maximum absolute atomic E-state index is 12.3. The molecule has 2 N–H and O–H groups in total. The summed E-state index contributed by atoms with van der Waals surface area (Å²) in [7, 11) is 1.39. The highest BCUT2D eigenvalue weighted by Crippen LogP contribution is 2.28. The van der Waals surface area contributed by atoms with Gasteiger partial charge in [0.2, 0.25) is 0 Å². The average molecular weight is 356 g/mol. The predicted molar refractivity (Wildman–Crippen MR) is 92.9 cm³/mol. The predicted octanol–water partition coefficient (Wildman–Crippen LogP) is 2.75. The smallest absolute Gasteiger partial charge is 0.341 e. The van der Waals surface area contributed by atoms with Gasteiger partial charge in [-0.1, -0.05) is 18.2 Å². The summed E-state index contributed by atoms with van der Waals surface area (Å²) in [4.78, 5) is 33.6. The molecular formula is C19H16O7. The molecule has 2 aromatic rings. The molecule has 0 aliphatic heterocycles. The molecule has 0 spiro atoms. The van der Waals surface area contributed by atoms with Crippen LogP contribution >= 0.6 is 0 Å². The second-order valence-corrected chi connectivity index (χ2v) is 5.17. The SMILES string of the molecule is COc1cc(C(=O)C=Cc2ccc(C(=O)O)cc2)ccc1OCC(=O)O. The first-order valence-corrected chi connectivity index (χ1v) is 7.49. The molecule has 0 saturated carbocycles. The summed E-state index contributed by atoms with van der Waals surface area (Å²) >= 11 is 0. The molecule has 0 amide bonds. The first kappa shape index (κ1) is 18.7. The Labute approximate surface area is 149 Å². The summed E-state index contributed by atoms with van der Waals surface area (Å²) < 4.78 is 10.2. The van der Waals surface area contributed by atoms with Gasteiger partial charge >= 0.3 is 11.9 Å². The van der Waals surface area contributed by atoms with E-state index in [9.17, 15) is 14.4 Å². The zero-order valence-corrected chi connectivity index (χ0v) is 13.8. The van der Waals surface area contributed by atoms with Gasteiger partial charge in [0.05, 0.1) is 12.7 Å². The number of allylic oxidation sites excluding steroid dienone is 1. The first-order valence-electron chi connectivity index (χ1n) is 7.49. The molecule has 0 aliphatic carbocycles. The van der Waals surface area contributed by atoms with Crippen molar-refractivity contribution in [1.82, 2.24) is 0 Å². The van der Waals surface area contributed by atoms with Gasteiger partial charge in [-0.15, -0.1) is 0 Å². The van der Waals surface area contributed by atoms with E-state index < -0.39 is 18.5 Å². The van der Waals surface area contributed by atoms with Crippen molar-refractivity contribution >= 4 is 23.8 Å². The van der Waals surface area contributed by atoms with Crippen molar-refractivity contribution in [2.24, 2.45) is 0 Å². The van der Waals surface area contributed by atoms with Crippen LogP contribution in [0.1, 0.15) is 26.3 Å². The number of rotatable bonds is 8. The standard InChI is InChI=1S/C19H16O7/c1-25-17-10-14(7-9-16(17)26-11-18(21)22)15(20)8-4-12-2-5-13(6-3-12)19(23)24/h2-10H,11H2,1H3,(H,21,22)(H,23,24). The van der Waals surface area contributed by atoms with Crippen molar-refractivity contribution in [2.45, 2.75) is 0 Å². The van der Waals surface area contributed by atoms with Crippen molar-refractivity contribution in [2.75, 3.05) is 13.7 Å². The lowest BCUT2D eigenvalue weighted by molar-refractivity contribution is -0.139. The first-order chi connectivity index (χ1) is 12.4. The number of ketones is 1. The van der Waals surface area contributed by atoms with Gasteiger partial charge in [-0.05, 0) is 42.0 Å². The molecule has 0 aromatic heterocycles. The summed E-state index contributed by atoms with van der Waals surface area (Å²) in [5, 5.41) is 17.5. The van der Waals surface area contributed by atoms with E-state index in [4.69, 9.17) is 19.7 Å². The Kier molecular flexibility index (Phi) is 6.10. The summed E-state index contributed by atoms with van der Waals surface area (Å²) in [6, 6.07) is 10.5. The van der Waals surface area contributed by atoms with E-state index in [1.165, 1.54) is 43.5 Å². The van der Waals surface area contributed by atoms with E-state index in [1.54, 1.807) is 18.2 Å². The van der Waals surface area contributed by atoms with Crippen LogP contribution in [0.2, 0.25) is 0 Å². The number of carbonyl (C=O) groups is 3. The van der Waals surface area contributed by atoms with Crippen LogP contribution in [0.5, 0.6) is 11.5 Å². The molecule has 7 nitrogen and oxygen atoms in total. The second kappa shape index (κ2) is 8.48. The van der Waals surface area contributed by atoms with E-state index in [0.29, 0.717) is 11.1 Å². The molecular weight excluding hydrogens is 340 g/mol. The van der Waals surface area contributed by atoms with Gasteiger partial charge in [-0.25, -0.2) is 9.59 Å².